The summed E-state index contributed by atoms with van der Waals surface area (Å²) >= 11 is 0. The molecule has 0 aliphatic carbocycles. The van der Waals surface area contributed by atoms with Gasteiger partial charge in [-0.2, -0.15) is 0 Å². The van der Waals surface area contributed by atoms with E-state index in [1.54, 1.807) is 19.9 Å². The van der Waals surface area contributed by atoms with Crippen molar-refractivity contribution in [2.24, 2.45) is 0 Å². The van der Waals surface area contributed by atoms with Gasteiger partial charge in [-0.05, 0) is 45.9 Å². The van der Waals surface area contributed by atoms with Gasteiger partial charge in [0.25, 0.3) is 0 Å². The Balaban J connectivity index is 2.01. The van der Waals surface area contributed by atoms with Gasteiger partial charge in [-0.25, -0.2) is 0 Å². The van der Waals surface area contributed by atoms with Gasteiger partial charge in [-0.3, -0.25) is 4.79 Å². The Morgan fingerprint density at radius 3 is 2.57 bits per heavy atom. The number of hydrogen-bond acceptors (Lipinski definition) is 3. The molecule has 0 aliphatic rings. The largest absolute Gasteiger partial charge is 0.466 e. The Kier molecular flexibility index (Phi) is 4.23. The molecule has 2 unspecified atom stereocenters. The molecule has 0 spiro atoms. The van der Waals surface area contributed by atoms with E-state index in [1.165, 1.54) is 0 Å². The number of hydrogen-bond donors (Lipinski definition) is 2. The van der Waals surface area contributed by atoms with Crippen LogP contribution >= 0.6 is 0 Å². The van der Waals surface area contributed by atoms with Gasteiger partial charge in [0.2, 0.25) is 5.91 Å². The molecular weight excluding hydrogens is 268 g/mol. The van der Waals surface area contributed by atoms with Crippen molar-refractivity contribution in [3.63, 3.8) is 0 Å². The molecule has 21 heavy (non-hydrogen) atoms. The molecule has 2 N–H and O–H groups in total. The zero-order chi connectivity index (χ0) is 15.6. The summed E-state index contributed by atoms with van der Waals surface area (Å²) in [6, 6.07) is 5.23. The van der Waals surface area contributed by atoms with Gasteiger partial charge in [0.05, 0.1) is 6.54 Å². The summed E-state index contributed by atoms with van der Waals surface area (Å²) in [5.41, 5.74) is -0.456. The average Bonchev–Trinajstić information content (AvgIpc) is 3.05. The maximum Gasteiger partial charge on any atom is 0.242 e. The van der Waals surface area contributed by atoms with E-state index in [1.807, 2.05) is 42.9 Å². The molecule has 114 valence electrons. The van der Waals surface area contributed by atoms with Crippen molar-refractivity contribution >= 4 is 5.91 Å². The molecule has 0 fully saturated rings. The molecule has 5 nitrogen and oxygen atoms in total. The Morgan fingerprint density at radius 2 is 2.05 bits per heavy atom. The minimum Gasteiger partial charge on any atom is -0.466 e. The molecule has 0 saturated heterocycles. The van der Waals surface area contributed by atoms with Gasteiger partial charge in [-0.15, -0.1) is 0 Å². The van der Waals surface area contributed by atoms with Crippen molar-refractivity contribution in [2.45, 2.75) is 39.3 Å². The van der Waals surface area contributed by atoms with Crippen LogP contribution in [0.1, 0.15) is 37.0 Å². The maximum absolute atomic E-state index is 12.1. The number of amides is 1. The van der Waals surface area contributed by atoms with Crippen molar-refractivity contribution in [1.29, 1.82) is 0 Å². The molecule has 0 bridgehead atoms. The van der Waals surface area contributed by atoms with Gasteiger partial charge < -0.3 is 19.4 Å². The van der Waals surface area contributed by atoms with E-state index in [0.29, 0.717) is 11.3 Å². The lowest BCUT2D eigenvalue weighted by Crippen LogP contribution is -2.41. The number of furan rings is 1. The topological polar surface area (TPSA) is 67.4 Å². The van der Waals surface area contributed by atoms with Gasteiger partial charge >= 0.3 is 0 Å². The third-order valence-electron chi connectivity index (χ3n) is 3.68. The van der Waals surface area contributed by atoms with Crippen molar-refractivity contribution in [3.8, 4) is 0 Å². The first-order valence-electron chi connectivity index (χ1n) is 7.01. The standard InChI is InChI=1S/C16H22N2O3/c1-11-9-14(13(3)21-11)16(4,20)10-17-15(19)12(2)18-7-5-6-8-18/h5-9,12,20H,10H2,1-4H3,(H,17,19). The lowest BCUT2D eigenvalue weighted by atomic mass is 9.96. The predicted molar refractivity (Wildman–Crippen MR) is 79.9 cm³/mol. The molecule has 2 atom stereocenters. The summed E-state index contributed by atoms with van der Waals surface area (Å²) in [5, 5.41) is 13.4. The minimum atomic E-state index is -1.16. The summed E-state index contributed by atoms with van der Waals surface area (Å²) in [7, 11) is 0. The Bertz CT molecular complexity index is 612. The average molecular weight is 290 g/mol. The van der Waals surface area contributed by atoms with Gasteiger partial charge in [0.15, 0.2) is 0 Å². The zero-order valence-electron chi connectivity index (χ0n) is 12.9. The number of carbonyl (C=O) groups is 1. The zero-order valence-corrected chi connectivity index (χ0v) is 12.9. The Morgan fingerprint density at radius 1 is 1.43 bits per heavy atom. The van der Waals surface area contributed by atoms with Crippen LogP contribution in [-0.4, -0.2) is 22.1 Å². The first-order chi connectivity index (χ1) is 9.81. The van der Waals surface area contributed by atoms with Gasteiger partial charge in [0.1, 0.15) is 23.2 Å². The second-order valence-electron chi connectivity index (χ2n) is 5.62. The molecule has 0 saturated carbocycles. The molecule has 0 aromatic carbocycles. The third-order valence-corrected chi connectivity index (χ3v) is 3.68. The van der Waals surface area contributed by atoms with E-state index in [0.717, 1.165) is 5.76 Å². The number of aliphatic hydroxyl groups is 1. The third kappa shape index (κ3) is 3.36. The minimum absolute atomic E-state index is 0.135. The lowest BCUT2D eigenvalue weighted by Gasteiger charge is -2.24. The predicted octanol–water partition coefficient (Wildman–Crippen LogP) is 2.28. The fourth-order valence-corrected chi connectivity index (χ4v) is 2.41. The molecular formula is C16H22N2O3. The summed E-state index contributed by atoms with van der Waals surface area (Å²) < 4.78 is 7.25. The highest BCUT2D eigenvalue weighted by Crippen LogP contribution is 2.26. The molecule has 2 aromatic rings. The fraction of sp³-hybridized carbons (Fsp3) is 0.438. The van der Waals surface area contributed by atoms with E-state index >= 15 is 0 Å². The van der Waals surface area contributed by atoms with Crippen LogP contribution in [0.4, 0.5) is 0 Å². The van der Waals surface area contributed by atoms with Crippen LogP contribution in [0.2, 0.25) is 0 Å². The van der Waals surface area contributed by atoms with Crippen LogP contribution < -0.4 is 5.32 Å². The number of rotatable bonds is 5. The second kappa shape index (κ2) is 5.77. The Hall–Kier alpha value is -2.01. The summed E-state index contributed by atoms with van der Waals surface area (Å²) in [6.45, 7) is 7.26. The quantitative estimate of drug-likeness (QED) is 0.887. The van der Waals surface area contributed by atoms with E-state index in [-0.39, 0.29) is 18.5 Å². The first kappa shape index (κ1) is 15.4. The number of nitrogens with one attached hydrogen (secondary N) is 1. The van der Waals surface area contributed by atoms with Crippen LogP contribution in [0.5, 0.6) is 0 Å². The van der Waals surface area contributed by atoms with Crippen LogP contribution in [-0.2, 0) is 10.4 Å². The summed E-state index contributed by atoms with van der Waals surface area (Å²) in [5.74, 6) is 1.28. The highest BCUT2D eigenvalue weighted by atomic mass is 16.3. The number of nitrogens with zero attached hydrogens (tertiary/aromatic N) is 1. The molecule has 2 heterocycles. The molecule has 2 rings (SSSR count). The second-order valence-corrected chi connectivity index (χ2v) is 5.62. The van der Waals surface area contributed by atoms with Crippen molar-refractivity contribution in [3.05, 3.63) is 47.7 Å². The van der Waals surface area contributed by atoms with Crippen molar-refractivity contribution in [2.75, 3.05) is 6.54 Å². The summed E-state index contributed by atoms with van der Waals surface area (Å²) in [6.07, 6.45) is 3.68. The van der Waals surface area contributed by atoms with Crippen molar-refractivity contribution in [1.82, 2.24) is 9.88 Å². The van der Waals surface area contributed by atoms with E-state index in [4.69, 9.17) is 4.42 Å². The highest BCUT2D eigenvalue weighted by Gasteiger charge is 2.29. The highest BCUT2D eigenvalue weighted by molar-refractivity contribution is 5.80. The molecule has 5 heteroatoms. The van der Waals surface area contributed by atoms with Gasteiger partial charge in [-0.1, -0.05) is 0 Å². The van der Waals surface area contributed by atoms with Gasteiger partial charge in [0, 0.05) is 18.0 Å². The van der Waals surface area contributed by atoms with Crippen LogP contribution in [0.3, 0.4) is 0 Å². The number of aromatic nitrogens is 1. The van der Waals surface area contributed by atoms with E-state index < -0.39 is 5.60 Å². The number of carbonyl (C=O) groups excluding carboxylic acids is 1. The molecule has 0 aliphatic heterocycles. The molecule has 1 amide bonds. The summed E-state index contributed by atoms with van der Waals surface area (Å²) in [4.78, 5) is 12.1. The normalized spacial score (nSPS) is 15.5. The van der Waals surface area contributed by atoms with Crippen LogP contribution in [0.25, 0.3) is 0 Å². The number of aryl methyl sites for hydroxylation is 2. The first-order valence-corrected chi connectivity index (χ1v) is 7.01. The molecule has 0 radical (unpaired) electrons. The van der Waals surface area contributed by atoms with E-state index in [2.05, 4.69) is 5.32 Å². The van der Waals surface area contributed by atoms with Crippen molar-refractivity contribution < 1.29 is 14.3 Å². The van der Waals surface area contributed by atoms with Crippen LogP contribution in [0.15, 0.2) is 35.0 Å². The van der Waals surface area contributed by atoms with Crippen LogP contribution in [0, 0.1) is 13.8 Å². The lowest BCUT2D eigenvalue weighted by molar-refractivity contribution is -0.125. The molecule has 2 aromatic heterocycles. The van der Waals surface area contributed by atoms with E-state index in [9.17, 15) is 9.90 Å². The smallest absolute Gasteiger partial charge is 0.242 e. The fourth-order valence-electron chi connectivity index (χ4n) is 2.41. The SMILES string of the molecule is Cc1cc(C(C)(O)CNC(=O)C(C)n2cccc2)c(C)o1. The Labute approximate surface area is 124 Å². The monoisotopic (exact) mass is 290 g/mol. The maximum atomic E-state index is 12.1.